The Hall–Kier alpha value is -1.59. The van der Waals surface area contributed by atoms with Crippen LogP contribution in [0.15, 0.2) is 27.3 Å². The first-order chi connectivity index (χ1) is 10.4. The first kappa shape index (κ1) is 13.1. The maximum absolute atomic E-state index is 5.53. The summed E-state index contributed by atoms with van der Waals surface area (Å²) in [4.78, 5) is 2.45. The standard InChI is InChI=1S/C16H20N2O3/c1-2-15(20-8-1)12-3-6-18(7-4-12)10-14-13-11-19-9-5-16(13)21-17-14/h1-2,8,12H,3-7,9-11H2. The number of nitrogens with zero attached hydrogens (tertiary/aromatic N) is 2. The highest BCUT2D eigenvalue weighted by Gasteiger charge is 2.25. The van der Waals surface area contributed by atoms with Crippen LogP contribution >= 0.6 is 0 Å². The molecule has 112 valence electrons. The third-order valence-corrected chi connectivity index (χ3v) is 4.58. The third kappa shape index (κ3) is 2.63. The maximum atomic E-state index is 5.53. The molecule has 2 aromatic heterocycles. The average molecular weight is 288 g/mol. The van der Waals surface area contributed by atoms with Gasteiger partial charge in [0.25, 0.3) is 0 Å². The largest absolute Gasteiger partial charge is 0.469 e. The molecule has 0 amide bonds. The van der Waals surface area contributed by atoms with Crippen LogP contribution in [0.3, 0.4) is 0 Å². The maximum Gasteiger partial charge on any atom is 0.144 e. The summed E-state index contributed by atoms with van der Waals surface area (Å²) in [7, 11) is 0. The summed E-state index contributed by atoms with van der Waals surface area (Å²) in [6.07, 6.45) is 4.90. The fraction of sp³-hybridized carbons (Fsp3) is 0.562. The van der Waals surface area contributed by atoms with Crippen molar-refractivity contribution in [1.82, 2.24) is 10.1 Å². The second-order valence-electron chi connectivity index (χ2n) is 5.90. The highest BCUT2D eigenvalue weighted by atomic mass is 16.5. The minimum absolute atomic E-state index is 0.561. The van der Waals surface area contributed by atoms with Crippen LogP contribution in [0.1, 0.15) is 41.5 Å². The van der Waals surface area contributed by atoms with E-state index < -0.39 is 0 Å². The van der Waals surface area contributed by atoms with Gasteiger partial charge in [-0.3, -0.25) is 4.90 Å². The number of rotatable bonds is 3. The van der Waals surface area contributed by atoms with Crippen molar-refractivity contribution >= 4 is 0 Å². The van der Waals surface area contributed by atoms with E-state index in [-0.39, 0.29) is 0 Å². The van der Waals surface area contributed by atoms with E-state index in [1.165, 1.54) is 5.56 Å². The second-order valence-corrected chi connectivity index (χ2v) is 5.90. The number of ether oxygens (including phenoxy) is 1. The first-order valence-corrected chi connectivity index (χ1v) is 7.70. The van der Waals surface area contributed by atoms with Gasteiger partial charge in [-0.25, -0.2) is 0 Å². The van der Waals surface area contributed by atoms with Gasteiger partial charge < -0.3 is 13.7 Å². The summed E-state index contributed by atoms with van der Waals surface area (Å²) < 4.78 is 16.5. The molecule has 0 unspecified atom stereocenters. The number of piperidine rings is 1. The summed E-state index contributed by atoms with van der Waals surface area (Å²) in [6, 6.07) is 4.06. The third-order valence-electron chi connectivity index (χ3n) is 4.58. The van der Waals surface area contributed by atoms with Crippen molar-refractivity contribution in [3.63, 3.8) is 0 Å². The SMILES string of the molecule is c1coc(C2CCN(Cc3noc4c3COCC4)CC2)c1. The smallest absolute Gasteiger partial charge is 0.144 e. The molecule has 2 aromatic rings. The number of hydrogen-bond acceptors (Lipinski definition) is 5. The van der Waals surface area contributed by atoms with Gasteiger partial charge in [-0.15, -0.1) is 0 Å². The number of hydrogen-bond donors (Lipinski definition) is 0. The van der Waals surface area contributed by atoms with Gasteiger partial charge in [0.15, 0.2) is 0 Å². The van der Waals surface area contributed by atoms with Crippen molar-refractivity contribution in [2.45, 2.75) is 38.3 Å². The van der Waals surface area contributed by atoms with Crippen LogP contribution in [0.25, 0.3) is 0 Å². The molecule has 1 fully saturated rings. The van der Waals surface area contributed by atoms with E-state index in [2.05, 4.69) is 16.1 Å². The molecule has 21 heavy (non-hydrogen) atoms. The Balaban J connectivity index is 1.38. The Labute approximate surface area is 123 Å². The Morgan fingerprint density at radius 1 is 1.29 bits per heavy atom. The minimum atomic E-state index is 0.561. The van der Waals surface area contributed by atoms with Crippen LogP contribution in [0, 0.1) is 0 Å². The molecule has 5 nitrogen and oxygen atoms in total. The van der Waals surface area contributed by atoms with Gasteiger partial charge in [-0.1, -0.05) is 5.16 Å². The van der Waals surface area contributed by atoms with Crippen LogP contribution < -0.4 is 0 Å². The lowest BCUT2D eigenvalue weighted by Crippen LogP contribution is -2.32. The van der Waals surface area contributed by atoms with Crippen LogP contribution in [0.4, 0.5) is 0 Å². The number of aromatic nitrogens is 1. The van der Waals surface area contributed by atoms with Crippen molar-refractivity contribution in [2.75, 3.05) is 19.7 Å². The molecule has 0 atom stereocenters. The Morgan fingerprint density at radius 3 is 3.00 bits per heavy atom. The molecule has 4 heterocycles. The average Bonchev–Trinajstić information content (AvgIpc) is 3.19. The zero-order valence-corrected chi connectivity index (χ0v) is 12.1. The van der Waals surface area contributed by atoms with E-state index in [1.54, 1.807) is 6.26 Å². The molecule has 4 rings (SSSR count). The van der Waals surface area contributed by atoms with Gasteiger partial charge in [0.2, 0.25) is 0 Å². The molecule has 0 spiro atoms. The minimum Gasteiger partial charge on any atom is -0.469 e. The predicted octanol–water partition coefficient (Wildman–Crippen LogP) is 2.72. The molecule has 2 aliphatic heterocycles. The summed E-state index contributed by atoms with van der Waals surface area (Å²) >= 11 is 0. The molecule has 0 bridgehead atoms. The van der Waals surface area contributed by atoms with Crippen molar-refractivity contribution in [3.8, 4) is 0 Å². The number of fused-ring (bicyclic) bond motifs is 1. The zero-order valence-electron chi connectivity index (χ0n) is 12.1. The van der Waals surface area contributed by atoms with Crippen molar-refractivity contribution in [3.05, 3.63) is 41.2 Å². The molecular formula is C16H20N2O3. The van der Waals surface area contributed by atoms with Crippen LogP contribution in [0.2, 0.25) is 0 Å². The molecule has 0 aromatic carbocycles. The topological polar surface area (TPSA) is 51.6 Å². The summed E-state index contributed by atoms with van der Waals surface area (Å²) in [5.74, 6) is 2.70. The molecule has 1 saturated heterocycles. The van der Waals surface area contributed by atoms with E-state index in [4.69, 9.17) is 13.7 Å². The van der Waals surface area contributed by atoms with E-state index in [9.17, 15) is 0 Å². The van der Waals surface area contributed by atoms with Crippen LogP contribution in [0.5, 0.6) is 0 Å². The fourth-order valence-corrected chi connectivity index (χ4v) is 3.32. The second kappa shape index (κ2) is 5.66. The predicted molar refractivity (Wildman–Crippen MR) is 75.8 cm³/mol. The molecule has 0 radical (unpaired) electrons. The quantitative estimate of drug-likeness (QED) is 0.869. The van der Waals surface area contributed by atoms with Gasteiger partial charge in [0, 0.05) is 24.4 Å². The molecule has 5 heteroatoms. The Morgan fingerprint density at radius 2 is 2.19 bits per heavy atom. The van der Waals surface area contributed by atoms with E-state index in [1.807, 2.05) is 6.07 Å². The lowest BCUT2D eigenvalue weighted by atomic mass is 9.94. The Kier molecular flexibility index (Phi) is 3.53. The fourth-order valence-electron chi connectivity index (χ4n) is 3.32. The lowest BCUT2D eigenvalue weighted by Gasteiger charge is -2.30. The van der Waals surface area contributed by atoms with Crippen molar-refractivity contribution in [2.24, 2.45) is 0 Å². The summed E-state index contributed by atoms with van der Waals surface area (Å²) in [5, 5.41) is 4.25. The van der Waals surface area contributed by atoms with Crippen LogP contribution in [-0.4, -0.2) is 29.8 Å². The monoisotopic (exact) mass is 288 g/mol. The van der Waals surface area contributed by atoms with Gasteiger partial charge in [-0.05, 0) is 38.1 Å². The summed E-state index contributed by atoms with van der Waals surface area (Å²) in [6.45, 7) is 4.42. The molecule has 2 aliphatic rings. The lowest BCUT2D eigenvalue weighted by molar-refractivity contribution is 0.102. The van der Waals surface area contributed by atoms with E-state index in [0.29, 0.717) is 12.5 Å². The van der Waals surface area contributed by atoms with Gasteiger partial charge >= 0.3 is 0 Å². The highest BCUT2D eigenvalue weighted by molar-refractivity contribution is 5.24. The van der Waals surface area contributed by atoms with Crippen molar-refractivity contribution in [1.29, 1.82) is 0 Å². The van der Waals surface area contributed by atoms with Crippen LogP contribution in [-0.2, 0) is 24.3 Å². The van der Waals surface area contributed by atoms with Gasteiger partial charge in [-0.2, -0.15) is 0 Å². The van der Waals surface area contributed by atoms with E-state index >= 15 is 0 Å². The molecule has 0 N–H and O–H groups in total. The number of furan rings is 1. The molecule has 0 saturated carbocycles. The number of likely N-dealkylation sites (tertiary alicyclic amines) is 1. The molecule has 0 aliphatic carbocycles. The highest BCUT2D eigenvalue weighted by Crippen LogP contribution is 2.29. The Bertz CT molecular complexity index is 583. The molecular weight excluding hydrogens is 268 g/mol. The van der Waals surface area contributed by atoms with Gasteiger partial charge in [0.05, 0.1) is 19.5 Å². The summed E-state index contributed by atoms with van der Waals surface area (Å²) in [5.41, 5.74) is 2.23. The first-order valence-electron chi connectivity index (χ1n) is 7.70. The van der Waals surface area contributed by atoms with Gasteiger partial charge in [0.1, 0.15) is 17.2 Å². The normalized spacial score (nSPS) is 20.6. The van der Waals surface area contributed by atoms with Crippen molar-refractivity contribution < 1.29 is 13.7 Å². The van der Waals surface area contributed by atoms with E-state index in [0.717, 1.165) is 62.7 Å². The zero-order chi connectivity index (χ0) is 14.1.